The first-order valence-electron chi connectivity index (χ1n) is 4.02. The number of ether oxygens (including phenoxy) is 2. The number of amides is 1. The molecule has 0 aromatic carbocycles. The van der Waals surface area contributed by atoms with Crippen LogP contribution >= 0.6 is 0 Å². The number of hydrogen-bond donors (Lipinski definition) is 1. The summed E-state index contributed by atoms with van der Waals surface area (Å²) in [7, 11) is 1.25. The fourth-order valence-electron chi connectivity index (χ4n) is 1.27. The van der Waals surface area contributed by atoms with Crippen LogP contribution in [0.5, 0.6) is 0 Å². The van der Waals surface area contributed by atoms with Crippen molar-refractivity contribution in [2.75, 3.05) is 7.11 Å². The van der Waals surface area contributed by atoms with Crippen molar-refractivity contribution in [1.29, 1.82) is 0 Å². The Kier molecular flexibility index (Phi) is 2.45. The van der Waals surface area contributed by atoms with Gasteiger partial charge in [-0.25, -0.2) is 9.59 Å². The lowest BCUT2D eigenvalue weighted by molar-refractivity contribution is -0.147. The maximum absolute atomic E-state index is 11.1. The lowest BCUT2D eigenvalue weighted by atomic mass is 10.0. The standard InChI is InChI=1S/C8H13NO4/c1-8(2)4-5(6(10)13-8)9-7(11)12-3/h5H,4H2,1-3H3,(H,9,11)/t5-/m0/s1. The third kappa shape index (κ3) is 2.34. The number of carbonyl (C=O) groups is 2. The van der Waals surface area contributed by atoms with Gasteiger partial charge in [0.1, 0.15) is 11.6 Å². The summed E-state index contributed by atoms with van der Waals surface area (Å²) in [5, 5.41) is 2.40. The molecule has 1 N–H and O–H groups in total. The number of methoxy groups -OCH3 is 1. The molecule has 0 aromatic heterocycles. The van der Waals surface area contributed by atoms with Gasteiger partial charge in [-0.1, -0.05) is 0 Å². The van der Waals surface area contributed by atoms with Crippen molar-refractivity contribution in [3.05, 3.63) is 0 Å². The highest BCUT2D eigenvalue weighted by molar-refractivity contribution is 5.83. The zero-order valence-corrected chi connectivity index (χ0v) is 7.92. The fourth-order valence-corrected chi connectivity index (χ4v) is 1.27. The predicted molar refractivity (Wildman–Crippen MR) is 44.1 cm³/mol. The zero-order chi connectivity index (χ0) is 10.1. The molecule has 0 aliphatic carbocycles. The number of hydrogen-bond acceptors (Lipinski definition) is 4. The van der Waals surface area contributed by atoms with Crippen molar-refractivity contribution in [3.8, 4) is 0 Å². The summed E-state index contributed by atoms with van der Waals surface area (Å²) in [4.78, 5) is 21.9. The van der Waals surface area contributed by atoms with E-state index in [2.05, 4.69) is 10.1 Å². The lowest BCUT2D eigenvalue weighted by Gasteiger charge is -2.14. The Morgan fingerprint density at radius 2 is 2.31 bits per heavy atom. The van der Waals surface area contributed by atoms with E-state index in [0.717, 1.165) is 0 Å². The molecule has 0 saturated carbocycles. The van der Waals surface area contributed by atoms with Crippen molar-refractivity contribution in [2.45, 2.75) is 31.9 Å². The third-order valence-electron chi connectivity index (χ3n) is 1.83. The Labute approximate surface area is 76.4 Å². The average Bonchev–Trinajstić information content (AvgIpc) is 2.24. The molecule has 1 aliphatic heterocycles. The molecular formula is C8H13NO4. The second-order valence-electron chi connectivity index (χ2n) is 3.57. The van der Waals surface area contributed by atoms with E-state index < -0.39 is 23.7 Å². The molecule has 1 amide bonds. The van der Waals surface area contributed by atoms with Crippen LogP contribution in [0.3, 0.4) is 0 Å². The number of esters is 1. The average molecular weight is 187 g/mol. The van der Waals surface area contributed by atoms with Crippen molar-refractivity contribution in [1.82, 2.24) is 5.32 Å². The van der Waals surface area contributed by atoms with Gasteiger partial charge in [0, 0.05) is 6.42 Å². The largest absolute Gasteiger partial charge is 0.458 e. The Balaban J connectivity index is 2.54. The minimum absolute atomic E-state index is 0.407. The van der Waals surface area contributed by atoms with Gasteiger partial charge < -0.3 is 14.8 Å². The van der Waals surface area contributed by atoms with Gasteiger partial charge in [0.25, 0.3) is 0 Å². The number of cyclic esters (lactones) is 1. The molecule has 1 rings (SSSR count). The van der Waals surface area contributed by atoms with Crippen molar-refractivity contribution >= 4 is 12.1 Å². The van der Waals surface area contributed by atoms with E-state index in [0.29, 0.717) is 6.42 Å². The Bertz CT molecular complexity index is 236. The minimum atomic E-state index is -0.611. The second kappa shape index (κ2) is 3.24. The smallest absolute Gasteiger partial charge is 0.407 e. The van der Waals surface area contributed by atoms with Crippen LogP contribution in [0, 0.1) is 0 Å². The van der Waals surface area contributed by atoms with Gasteiger partial charge in [-0.05, 0) is 13.8 Å². The lowest BCUT2D eigenvalue weighted by Crippen LogP contribution is -2.38. The van der Waals surface area contributed by atoms with Crippen molar-refractivity contribution < 1.29 is 19.1 Å². The highest BCUT2D eigenvalue weighted by Crippen LogP contribution is 2.25. The van der Waals surface area contributed by atoms with E-state index >= 15 is 0 Å². The topological polar surface area (TPSA) is 64.6 Å². The van der Waals surface area contributed by atoms with Crippen LogP contribution in [-0.2, 0) is 14.3 Å². The summed E-state index contributed by atoms with van der Waals surface area (Å²) in [6, 6.07) is -0.581. The van der Waals surface area contributed by atoms with Gasteiger partial charge in [0.2, 0.25) is 0 Å². The zero-order valence-electron chi connectivity index (χ0n) is 7.92. The monoisotopic (exact) mass is 187 g/mol. The first-order valence-corrected chi connectivity index (χ1v) is 4.02. The molecule has 5 nitrogen and oxygen atoms in total. The summed E-state index contributed by atoms with van der Waals surface area (Å²) in [6.45, 7) is 3.59. The molecule has 74 valence electrons. The predicted octanol–water partition coefficient (Wildman–Crippen LogP) is 0.436. The Morgan fingerprint density at radius 1 is 1.69 bits per heavy atom. The van der Waals surface area contributed by atoms with Gasteiger partial charge in [0.05, 0.1) is 7.11 Å². The summed E-state index contributed by atoms with van der Waals surface area (Å²) < 4.78 is 9.37. The summed E-state index contributed by atoms with van der Waals surface area (Å²) in [5.41, 5.74) is -0.497. The third-order valence-corrected chi connectivity index (χ3v) is 1.83. The van der Waals surface area contributed by atoms with Crippen LogP contribution in [0.25, 0.3) is 0 Å². The van der Waals surface area contributed by atoms with E-state index in [4.69, 9.17) is 4.74 Å². The molecule has 0 unspecified atom stereocenters. The quantitative estimate of drug-likeness (QED) is 0.605. The van der Waals surface area contributed by atoms with Gasteiger partial charge >= 0.3 is 12.1 Å². The minimum Gasteiger partial charge on any atom is -0.458 e. The van der Waals surface area contributed by atoms with Crippen molar-refractivity contribution in [3.63, 3.8) is 0 Å². The van der Waals surface area contributed by atoms with Crippen LogP contribution in [0.2, 0.25) is 0 Å². The van der Waals surface area contributed by atoms with Crippen LogP contribution in [0.15, 0.2) is 0 Å². The molecule has 1 fully saturated rings. The van der Waals surface area contributed by atoms with Gasteiger partial charge in [-0.3, -0.25) is 0 Å². The summed E-state index contributed by atoms with van der Waals surface area (Å²) in [5.74, 6) is -0.407. The normalized spacial score (nSPS) is 25.2. The summed E-state index contributed by atoms with van der Waals surface area (Å²) >= 11 is 0. The Morgan fingerprint density at radius 3 is 2.69 bits per heavy atom. The molecule has 1 aliphatic rings. The van der Waals surface area contributed by atoms with Gasteiger partial charge in [-0.2, -0.15) is 0 Å². The maximum atomic E-state index is 11.1. The number of carbonyl (C=O) groups excluding carboxylic acids is 2. The molecular weight excluding hydrogens is 174 g/mol. The summed E-state index contributed by atoms with van der Waals surface area (Å²) in [6.07, 6.45) is -0.138. The van der Waals surface area contributed by atoms with E-state index in [-0.39, 0.29) is 0 Å². The first-order chi connectivity index (χ1) is 5.94. The number of nitrogens with one attached hydrogen (secondary N) is 1. The molecule has 1 heterocycles. The molecule has 1 saturated heterocycles. The molecule has 0 spiro atoms. The molecule has 0 bridgehead atoms. The maximum Gasteiger partial charge on any atom is 0.407 e. The van der Waals surface area contributed by atoms with Gasteiger partial charge in [0.15, 0.2) is 0 Å². The van der Waals surface area contributed by atoms with Crippen LogP contribution < -0.4 is 5.32 Å². The molecule has 1 atom stereocenters. The highest BCUT2D eigenvalue weighted by Gasteiger charge is 2.40. The highest BCUT2D eigenvalue weighted by atomic mass is 16.6. The SMILES string of the molecule is COC(=O)N[C@H]1CC(C)(C)OC1=O. The van der Waals surface area contributed by atoms with Crippen LogP contribution in [0.1, 0.15) is 20.3 Å². The fraction of sp³-hybridized carbons (Fsp3) is 0.750. The number of rotatable bonds is 1. The van der Waals surface area contributed by atoms with E-state index in [1.807, 2.05) is 0 Å². The van der Waals surface area contributed by atoms with Crippen LogP contribution in [-0.4, -0.2) is 30.8 Å². The van der Waals surface area contributed by atoms with Crippen LogP contribution in [0.4, 0.5) is 4.79 Å². The molecule has 5 heteroatoms. The van der Waals surface area contributed by atoms with E-state index in [1.54, 1.807) is 13.8 Å². The van der Waals surface area contributed by atoms with Gasteiger partial charge in [-0.15, -0.1) is 0 Å². The molecule has 0 radical (unpaired) electrons. The van der Waals surface area contributed by atoms with E-state index in [1.165, 1.54) is 7.11 Å². The number of alkyl carbamates (subject to hydrolysis) is 1. The molecule has 13 heavy (non-hydrogen) atoms. The second-order valence-corrected chi connectivity index (χ2v) is 3.57. The Hall–Kier alpha value is -1.26. The van der Waals surface area contributed by atoms with E-state index in [9.17, 15) is 9.59 Å². The molecule has 0 aromatic rings. The van der Waals surface area contributed by atoms with Crippen molar-refractivity contribution in [2.24, 2.45) is 0 Å². The first kappa shape index (κ1) is 9.83.